The molecule has 0 aliphatic carbocycles. The van der Waals surface area contributed by atoms with Gasteiger partial charge in [-0.2, -0.15) is 0 Å². The molecule has 2 aromatic rings. The Kier molecular flexibility index (Phi) is 6.71. The molecule has 146 valence electrons. The summed E-state index contributed by atoms with van der Waals surface area (Å²) in [6, 6.07) is 11.2. The first-order valence-corrected chi connectivity index (χ1v) is 9.69. The molecular formula is C21H21BrN2O4. The Morgan fingerprint density at radius 1 is 1.25 bits per heavy atom. The van der Waals surface area contributed by atoms with E-state index in [1.807, 2.05) is 36.4 Å². The molecule has 0 unspecified atom stereocenters. The standard InChI is InChI=1S/C21H21BrN2O4/c1-27-19-7-4-16(22)12-15(19)3-8-20(25)23-10-11-28-17-5-6-18-14(13-17)2-9-21(26)24-18/h3-8,12-13H,2,9-11H2,1H3,(H,23,25)(H,24,26)/b8-3+. The molecule has 1 aliphatic heterocycles. The minimum absolute atomic E-state index is 0.0393. The van der Waals surface area contributed by atoms with E-state index in [1.165, 1.54) is 6.08 Å². The molecule has 3 rings (SSSR count). The zero-order valence-electron chi connectivity index (χ0n) is 15.5. The summed E-state index contributed by atoms with van der Waals surface area (Å²) < 4.78 is 11.9. The lowest BCUT2D eigenvalue weighted by molar-refractivity contribution is -0.117. The maximum absolute atomic E-state index is 12.0. The van der Waals surface area contributed by atoms with Gasteiger partial charge in [0.15, 0.2) is 0 Å². The first kappa shape index (κ1) is 19.9. The highest BCUT2D eigenvalue weighted by molar-refractivity contribution is 9.10. The van der Waals surface area contributed by atoms with Crippen LogP contribution in [0.3, 0.4) is 0 Å². The Labute approximate surface area is 172 Å². The maximum Gasteiger partial charge on any atom is 0.244 e. The summed E-state index contributed by atoms with van der Waals surface area (Å²) in [6.07, 6.45) is 4.37. The second-order valence-electron chi connectivity index (χ2n) is 6.23. The van der Waals surface area contributed by atoms with Crippen LogP contribution in [0.25, 0.3) is 6.08 Å². The van der Waals surface area contributed by atoms with E-state index in [2.05, 4.69) is 26.6 Å². The van der Waals surface area contributed by atoms with Crippen molar-refractivity contribution >= 4 is 39.5 Å². The number of anilines is 1. The number of methoxy groups -OCH3 is 1. The topological polar surface area (TPSA) is 76.7 Å². The van der Waals surface area contributed by atoms with Gasteiger partial charge in [-0.1, -0.05) is 15.9 Å². The fourth-order valence-corrected chi connectivity index (χ4v) is 3.23. The highest BCUT2D eigenvalue weighted by atomic mass is 79.9. The molecule has 0 spiro atoms. The van der Waals surface area contributed by atoms with Crippen LogP contribution in [0.2, 0.25) is 0 Å². The molecular weight excluding hydrogens is 424 g/mol. The Bertz CT molecular complexity index is 911. The lowest BCUT2D eigenvalue weighted by Crippen LogP contribution is -2.26. The van der Waals surface area contributed by atoms with Crippen molar-refractivity contribution in [1.82, 2.24) is 5.32 Å². The van der Waals surface area contributed by atoms with Gasteiger partial charge < -0.3 is 20.1 Å². The Balaban J connectivity index is 1.46. The molecule has 0 bridgehead atoms. The van der Waals surface area contributed by atoms with Gasteiger partial charge in [0.2, 0.25) is 11.8 Å². The summed E-state index contributed by atoms with van der Waals surface area (Å²) in [4.78, 5) is 23.4. The van der Waals surface area contributed by atoms with Crippen molar-refractivity contribution in [2.45, 2.75) is 12.8 Å². The van der Waals surface area contributed by atoms with Crippen LogP contribution in [0.15, 0.2) is 46.9 Å². The predicted molar refractivity (Wildman–Crippen MR) is 112 cm³/mol. The lowest BCUT2D eigenvalue weighted by Gasteiger charge is -2.17. The highest BCUT2D eigenvalue weighted by Gasteiger charge is 2.14. The van der Waals surface area contributed by atoms with E-state index in [-0.39, 0.29) is 11.8 Å². The van der Waals surface area contributed by atoms with Crippen LogP contribution in [0.4, 0.5) is 5.69 Å². The van der Waals surface area contributed by atoms with Crippen molar-refractivity contribution in [1.29, 1.82) is 0 Å². The molecule has 1 aliphatic rings. The van der Waals surface area contributed by atoms with E-state index < -0.39 is 0 Å². The summed E-state index contributed by atoms with van der Waals surface area (Å²) >= 11 is 3.40. The molecule has 28 heavy (non-hydrogen) atoms. The van der Waals surface area contributed by atoms with Gasteiger partial charge in [0.05, 0.1) is 13.7 Å². The van der Waals surface area contributed by atoms with E-state index in [1.54, 1.807) is 13.2 Å². The molecule has 0 atom stereocenters. The van der Waals surface area contributed by atoms with Crippen LogP contribution in [-0.2, 0) is 16.0 Å². The van der Waals surface area contributed by atoms with Gasteiger partial charge in [0.1, 0.15) is 18.1 Å². The number of ether oxygens (including phenoxy) is 2. The predicted octanol–water partition coefficient (Wildman–Crippen LogP) is 3.55. The number of carbonyl (C=O) groups excluding carboxylic acids is 2. The summed E-state index contributed by atoms with van der Waals surface area (Å²) in [5, 5.41) is 5.62. The molecule has 0 radical (unpaired) electrons. The van der Waals surface area contributed by atoms with Crippen LogP contribution in [0, 0.1) is 0 Å². The second-order valence-corrected chi connectivity index (χ2v) is 7.14. The molecule has 2 N–H and O–H groups in total. The van der Waals surface area contributed by atoms with E-state index in [0.717, 1.165) is 27.0 Å². The lowest BCUT2D eigenvalue weighted by atomic mass is 10.0. The van der Waals surface area contributed by atoms with Gasteiger partial charge in [-0.15, -0.1) is 0 Å². The SMILES string of the molecule is COc1ccc(Br)cc1/C=C/C(=O)NCCOc1ccc2c(c1)CCC(=O)N2. The summed E-state index contributed by atoms with van der Waals surface area (Å²) in [5.41, 5.74) is 2.71. The summed E-state index contributed by atoms with van der Waals surface area (Å²) in [6.45, 7) is 0.734. The summed E-state index contributed by atoms with van der Waals surface area (Å²) in [5.74, 6) is 1.24. The number of amides is 2. The van der Waals surface area contributed by atoms with E-state index in [0.29, 0.717) is 31.7 Å². The van der Waals surface area contributed by atoms with Gasteiger partial charge in [0, 0.05) is 28.2 Å². The molecule has 0 saturated heterocycles. The first-order chi connectivity index (χ1) is 13.5. The molecule has 2 aromatic carbocycles. The Morgan fingerprint density at radius 2 is 2.11 bits per heavy atom. The third kappa shape index (κ3) is 5.36. The van der Waals surface area contributed by atoms with E-state index >= 15 is 0 Å². The Hall–Kier alpha value is -2.80. The Morgan fingerprint density at radius 3 is 2.93 bits per heavy atom. The average molecular weight is 445 g/mol. The van der Waals surface area contributed by atoms with Crippen LogP contribution in [0.5, 0.6) is 11.5 Å². The minimum atomic E-state index is -0.209. The average Bonchev–Trinajstić information content (AvgIpc) is 2.69. The van der Waals surface area contributed by atoms with Crippen LogP contribution < -0.4 is 20.1 Å². The number of halogens is 1. The number of rotatable bonds is 7. The number of aryl methyl sites for hydroxylation is 1. The van der Waals surface area contributed by atoms with Crippen molar-refractivity contribution in [3.8, 4) is 11.5 Å². The van der Waals surface area contributed by atoms with Gasteiger partial charge in [-0.25, -0.2) is 0 Å². The van der Waals surface area contributed by atoms with Gasteiger partial charge in [-0.05, 0) is 54.5 Å². The normalized spacial score (nSPS) is 13.0. The maximum atomic E-state index is 12.0. The molecule has 2 amide bonds. The molecule has 0 fully saturated rings. The zero-order valence-corrected chi connectivity index (χ0v) is 17.0. The molecule has 0 saturated carbocycles. The molecule has 1 heterocycles. The van der Waals surface area contributed by atoms with Crippen molar-refractivity contribution in [3.63, 3.8) is 0 Å². The minimum Gasteiger partial charge on any atom is -0.496 e. The highest BCUT2D eigenvalue weighted by Crippen LogP contribution is 2.27. The van der Waals surface area contributed by atoms with E-state index in [4.69, 9.17) is 9.47 Å². The number of hydrogen-bond donors (Lipinski definition) is 2. The number of carbonyl (C=O) groups is 2. The van der Waals surface area contributed by atoms with Crippen LogP contribution in [0.1, 0.15) is 17.5 Å². The largest absolute Gasteiger partial charge is 0.496 e. The van der Waals surface area contributed by atoms with Gasteiger partial charge in [-0.3, -0.25) is 9.59 Å². The quantitative estimate of drug-likeness (QED) is 0.505. The van der Waals surface area contributed by atoms with Crippen molar-refractivity contribution in [2.24, 2.45) is 0 Å². The monoisotopic (exact) mass is 444 g/mol. The van der Waals surface area contributed by atoms with Gasteiger partial charge in [0.25, 0.3) is 0 Å². The van der Waals surface area contributed by atoms with E-state index in [9.17, 15) is 9.59 Å². The molecule has 0 aromatic heterocycles. The number of fused-ring (bicyclic) bond motifs is 1. The van der Waals surface area contributed by atoms with Crippen molar-refractivity contribution < 1.29 is 19.1 Å². The number of hydrogen-bond acceptors (Lipinski definition) is 4. The fraction of sp³-hybridized carbons (Fsp3) is 0.238. The zero-order chi connectivity index (χ0) is 19.9. The van der Waals surface area contributed by atoms with Gasteiger partial charge >= 0.3 is 0 Å². The third-order valence-electron chi connectivity index (χ3n) is 4.25. The number of nitrogens with one attached hydrogen (secondary N) is 2. The van der Waals surface area contributed by atoms with Crippen molar-refractivity contribution in [2.75, 3.05) is 25.6 Å². The van der Waals surface area contributed by atoms with Crippen LogP contribution in [-0.4, -0.2) is 32.1 Å². The number of benzene rings is 2. The summed E-state index contributed by atoms with van der Waals surface area (Å²) in [7, 11) is 1.59. The first-order valence-electron chi connectivity index (χ1n) is 8.90. The second kappa shape index (κ2) is 9.41. The molecule has 7 heteroatoms. The molecule has 6 nitrogen and oxygen atoms in total. The van der Waals surface area contributed by atoms with Crippen LogP contribution >= 0.6 is 15.9 Å². The fourth-order valence-electron chi connectivity index (χ4n) is 2.85. The third-order valence-corrected chi connectivity index (χ3v) is 4.74. The van der Waals surface area contributed by atoms with Crippen molar-refractivity contribution in [3.05, 3.63) is 58.1 Å². The smallest absolute Gasteiger partial charge is 0.244 e.